The number of carbonyl (C=O) groups is 2. The Labute approximate surface area is 112 Å². The normalized spacial score (nSPS) is 12.2. The fourth-order valence-corrected chi connectivity index (χ4v) is 1.70. The maximum Gasteiger partial charge on any atom is 0.335 e. The van der Waals surface area contributed by atoms with E-state index in [1.807, 2.05) is 13.8 Å². The van der Waals surface area contributed by atoms with E-state index in [0.29, 0.717) is 18.9 Å². The molecule has 0 spiro atoms. The predicted octanol–water partition coefficient (Wildman–Crippen LogP) is 1.37. The fraction of sp³-hybridized carbons (Fsp3) is 0.429. The molecule has 0 saturated heterocycles. The third-order valence-corrected chi connectivity index (χ3v) is 2.73. The highest BCUT2D eigenvalue weighted by Gasteiger charge is 2.14. The van der Waals surface area contributed by atoms with Crippen LogP contribution in [0, 0.1) is 5.92 Å². The number of amides is 1. The van der Waals surface area contributed by atoms with Crippen LogP contribution in [0.5, 0.6) is 0 Å². The van der Waals surface area contributed by atoms with Crippen molar-refractivity contribution in [3.8, 4) is 0 Å². The van der Waals surface area contributed by atoms with E-state index in [2.05, 4.69) is 5.32 Å². The van der Waals surface area contributed by atoms with Crippen LogP contribution in [0.2, 0.25) is 0 Å². The molecule has 19 heavy (non-hydrogen) atoms. The van der Waals surface area contributed by atoms with Gasteiger partial charge in [0.2, 0.25) is 5.91 Å². The zero-order valence-corrected chi connectivity index (χ0v) is 11.2. The van der Waals surface area contributed by atoms with Crippen LogP contribution < -0.4 is 11.1 Å². The largest absolute Gasteiger partial charge is 0.478 e. The van der Waals surface area contributed by atoms with Crippen molar-refractivity contribution in [1.29, 1.82) is 0 Å². The van der Waals surface area contributed by atoms with Crippen LogP contribution in [0.25, 0.3) is 0 Å². The minimum atomic E-state index is -0.963. The Balaban J connectivity index is 2.48. The molecule has 0 fully saturated rings. The summed E-state index contributed by atoms with van der Waals surface area (Å²) in [6.07, 6.45) is 0.643. The van der Waals surface area contributed by atoms with Gasteiger partial charge in [-0.25, -0.2) is 4.79 Å². The van der Waals surface area contributed by atoms with Crippen molar-refractivity contribution < 1.29 is 14.7 Å². The second-order valence-corrected chi connectivity index (χ2v) is 4.96. The van der Waals surface area contributed by atoms with E-state index in [4.69, 9.17) is 10.8 Å². The highest BCUT2D eigenvalue weighted by Crippen LogP contribution is 2.05. The average molecular weight is 264 g/mol. The maximum atomic E-state index is 11.7. The molecule has 5 heteroatoms. The number of nitrogens with one attached hydrogen (secondary N) is 1. The Kier molecular flexibility index (Phi) is 5.51. The topological polar surface area (TPSA) is 92.4 Å². The van der Waals surface area contributed by atoms with E-state index in [1.54, 1.807) is 12.1 Å². The summed E-state index contributed by atoms with van der Waals surface area (Å²) in [4.78, 5) is 22.4. The molecule has 1 unspecified atom stereocenters. The van der Waals surface area contributed by atoms with Crippen LogP contribution >= 0.6 is 0 Å². The third kappa shape index (κ3) is 5.09. The van der Waals surface area contributed by atoms with Crippen molar-refractivity contribution in [3.63, 3.8) is 0 Å². The third-order valence-electron chi connectivity index (χ3n) is 2.73. The Morgan fingerprint density at radius 3 is 2.32 bits per heavy atom. The average Bonchev–Trinajstić information content (AvgIpc) is 2.35. The van der Waals surface area contributed by atoms with E-state index in [9.17, 15) is 9.59 Å². The second-order valence-electron chi connectivity index (χ2n) is 4.96. The fourth-order valence-electron chi connectivity index (χ4n) is 1.70. The molecular formula is C14H20N2O3. The van der Waals surface area contributed by atoms with Crippen molar-refractivity contribution in [2.45, 2.75) is 32.9 Å². The maximum absolute atomic E-state index is 11.7. The van der Waals surface area contributed by atoms with E-state index in [0.717, 1.165) is 5.56 Å². The summed E-state index contributed by atoms with van der Waals surface area (Å²) >= 11 is 0. The Bertz CT molecular complexity index is 441. The highest BCUT2D eigenvalue weighted by molar-refractivity contribution is 5.87. The van der Waals surface area contributed by atoms with Crippen molar-refractivity contribution in [3.05, 3.63) is 35.4 Å². The molecule has 0 heterocycles. The summed E-state index contributed by atoms with van der Waals surface area (Å²) in [5.41, 5.74) is 6.83. The van der Waals surface area contributed by atoms with Gasteiger partial charge in [0.1, 0.15) is 0 Å². The smallest absolute Gasteiger partial charge is 0.335 e. The summed E-state index contributed by atoms with van der Waals surface area (Å²) in [6.45, 7) is 4.38. The predicted molar refractivity (Wildman–Crippen MR) is 72.7 cm³/mol. The highest BCUT2D eigenvalue weighted by atomic mass is 16.4. The molecule has 1 aromatic rings. The molecule has 1 rings (SSSR count). The lowest BCUT2D eigenvalue weighted by molar-refractivity contribution is -0.122. The first-order valence-electron chi connectivity index (χ1n) is 6.25. The first-order valence-corrected chi connectivity index (χ1v) is 6.25. The van der Waals surface area contributed by atoms with Crippen LogP contribution in [-0.2, 0) is 11.3 Å². The lowest BCUT2D eigenvalue weighted by Gasteiger charge is -2.14. The molecule has 5 nitrogen and oxygen atoms in total. The Hall–Kier alpha value is -1.88. The van der Waals surface area contributed by atoms with Gasteiger partial charge in [0.25, 0.3) is 0 Å². The SMILES string of the molecule is CC(C)CC(N)C(=O)NCc1ccc(C(=O)O)cc1. The molecule has 1 aromatic carbocycles. The Morgan fingerprint density at radius 1 is 1.26 bits per heavy atom. The van der Waals surface area contributed by atoms with Crippen LogP contribution in [0.1, 0.15) is 36.2 Å². The summed E-state index contributed by atoms with van der Waals surface area (Å²) in [5, 5.41) is 11.5. The number of carboxylic acids is 1. The summed E-state index contributed by atoms with van der Waals surface area (Å²) in [7, 11) is 0. The molecular weight excluding hydrogens is 244 g/mol. The molecule has 0 aliphatic carbocycles. The molecule has 1 atom stereocenters. The minimum absolute atomic E-state index is 0.184. The van der Waals surface area contributed by atoms with Gasteiger partial charge in [-0.1, -0.05) is 26.0 Å². The van der Waals surface area contributed by atoms with Gasteiger partial charge in [0, 0.05) is 6.54 Å². The number of carbonyl (C=O) groups excluding carboxylic acids is 1. The van der Waals surface area contributed by atoms with E-state index >= 15 is 0 Å². The molecule has 104 valence electrons. The van der Waals surface area contributed by atoms with Gasteiger partial charge >= 0.3 is 5.97 Å². The van der Waals surface area contributed by atoms with Gasteiger partial charge in [-0.05, 0) is 30.0 Å². The first kappa shape index (κ1) is 15.2. The van der Waals surface area contributed by atoms with Crippen LogP contribution in [0.3, 0.4) is 0 Å². The van der Waals surface area contributed by atoms with Gasteiger partial charge in [-0.15, -0.1) is 0 Å². The molecule has 4 N–H and O–H groups in total. The minimum Gasteiger partial charge on any atom is -0.478 e. The molecule has 0 bridgehead atoms. The van der Waals surface area contributed by atoms with Gasteiger partial charge in [0.15, 0.2) is 0 Å². The summed E-state index contributed by atoms with van der Waals surface area (Å²) in [5.74, 6) is -0.777. The lowest BCUT2D eigenvalue weighted by Crippen LogP contribution is -2.41. The van der Waals surface area contributed by atoms with Crippen LogP contribution in [0.15, 0.2) is 24.3 Å². The lowest BCUT2D eigenvalue weighted by atomic mass is 10.0. The van der Waals surface area contributed by atoms with Gasteiger partial charge in [0.05, 0.1) is 11.6 Å². The first-order chi connectivity index (χ1) is 8.90. The van der Waals surface area contributed by atoms with Crippen LogP contribution in [0.4, 0.5) is 0 Å². The molecule has 1 amide bonds. The van der Waals surface area contributed by atoms with E-state index in [-0.39, 0.29) is 11.5 Å². The second kappa shape index (κ2) is 6.89. The van der Waals surface area contributed by atoms with Gasteiger partial charge in [-0.2, -0.15) is 0 Å². The van der Waals surface area contributed by atoms with Gasteiger partial charge in [-0.3, -0.25) is 4.79 Å². The van der Waals surface area contributed by atoms with Crippen molar-refractivity contribution >= 4 is 11.9 Å². The zero-order chi connectivity index (χ0) is 14.4. The summed E-state index contributed by atoms with van der Waals surface area (Å²) < 4.78 is 0. The quantitative estimate of drug-likeness (QED) is 0.723. The number of rotatable bonds is 6. The zero-order valence-electron chi connectivity index (χ0n) is 11.2. The molecule has 0 aliphatic rings. The van der Waals surface area contributed by atoms with E-state index in [1.165, 1.54) is 12.1 Å². The van der Waals surface area contributed by atoms with E-state index < -0.39 is 12.0 Å². The molecule has 0 aliphatic heterocycles. The number of aromatic carboxylic acids is 1. The molecule has 0 aromatic heterocycles. The molecule has 0 saturated carbocycles. The number of benzene rings is 1. The number of carboxylic acid groups (broad SMARTS) is 1. The van der Waals surface area contributed by atoms with Crippen molar-refractivity contribution in [2.24, 2.45) is 11.7 Å². The van der Waals surface area contributed by atoms with Crippen LogP contribution in [-0.4, -0.2) is 23.0 Å². The van der Waals surface area contributed by atoms with Crippen molar-refractivity contribution in [2.75, 3.05) is 0 Å². The standard InChI is InChI=1S/C14H20N2O3/c1-9(2)7-12(15)13(17)16-8-10-3-5-11(6-4-10)14(18)19/h3-6,9,12H,7-8,15H2,1-2H3,(H,16,17)(H,18,19). The molecule has 0 radical (unpaired) electrons. The van der Waals surface area contributed by atoms with Crippen molar-refractivity contribution in [1.82, 2.24) is 5.32 Å². The Morgan fingerprint density at radius 2 is 1.84 bits per heavy atom. The number of nitrogens with two attached hydrogens (primary N) is 1. The number of hydrogen-bond acceptors (Lipinski definition) is 3. The number of hydrogen-bond donors (Lipinski definition) is 3. The monoisotopic (exact) mass is 264 g/mol. The van der Waals surface area contributed by atoms with Gasteiger partial charge < -0.3 is 16.2 Å². The summed E-state index contributed by atoms with van der Waals surface area (Å²) in [6, 6.07) is 5.88.